The first-order valence-electron chi connectivity index (χ1n) is 5.56. The molecule has 0 radical (unpaired) electrons. The van der Waals surface area contributed by atoms with Crippen molar-refractivity contribution in [1.29, 1.82) is 0 Å². The van der Waals surface area contributed by atoms with Crippen LogP contribution < -0.4 is 11.5 Å². The van der Waals surface area contributed by atoms with E-state index in [1.54, 1.807) is 6.07 Å². The van der Waals surface area contributed by atoms with Crippen LogP contribution in [0.25, 0.3) is 6.08 Å². The number of amidine groups is 2. The van der Waals surface area contributed by atoms with Gasteiger partial charge >= 0.3 is 0 Å². The third kappa shape index (κ3) is 4.79. The Morgan fingerprint density at radius 3 is 2.94 bits per heavy atom. The van der Waals surface area contributed by atoms with E-state index in [4.69, 9.17) is 16.6 Å². The predicted octanol–water partition coefficient (Wildman–Crippen LogP) is 0.171. The highest BCUT2D eigenvalue weighted by molar-refractivity contribution is 6.01. The lowest BCUT2D eigenvalue weighted by atomic mass is 10.3. The van der Waals surface area contributed by atoms with Crippen molar-refractivity contribution >= 4 is 23.6 Å². The fourth-order valence-electron chi connectivity index (χ4n) is 1.27. The number of H-pyrrole nitrogens is 1. The molecule has 1 aromatic heterocycles. The minimum Gasteiger partial charge on any atom is -0.394 e. The molecule has 0 aliphatic carbocycles. The normalized spacial score (nSPS) is 13.4. The standard InChI is InChI=1S/C11H18N6O/c1-2-3-8-6-11(17-16-8)15-10(13)7-9(12)14-4-5-18/h2-3,6,18H,4-5,7H2,1H3,(H2,12,14)(H3,13,15,16,17)/b3-2+. The summed E-state index contributed by atoms with van der Waals surface area (Å²) in [7, 11) is 0. The summed E-state index contributed by atoms with van der Waals surface area (Å²) in [6, 6.07) is 1.77. The molecule has 0 unspecified atom stereocenters. The number of nitrogens with two attached hydrogens (primary N) is 2. The van der Waals surface area contributed by atoms with Crippen LogP contribution in [0.1, 0.15) is 19.0 Å². The summed E-state index contributed by atoms with van der Waals surface area (Å²) in [6.45, 7) is 2.15. The Kier molecular flexibility index (Phi) is 5.59. The molecule has 1 heterocycles. The molecule has 0 saturated carbocycles. The van der Waals surface area contributed by atoms with Crippen molar-refractivity contribution in [3.8, 4) is 0 Å². The average molecular weight is 250 g/mol. The molecule has 0 atom stereocenters. The van der Waals surface area contributed by atoms with E-state index < -0.39 is 0 Å². The average Bonchev–Trinajstić information content (AvgIpc) is 2.74. The van der Waals surface area contributed by atoms with Crippen LogP contribution in [0.2, 0.25) is 0 Å². The fourth-order valence-corrected chi connectivity index (χ4v) is 1.27. The molecule has 7 heteroatoms. The number of hydrogen-bond acceptors (Lipinski definition) is 4. The molecule has 0 aliphatic rings. The third-order valence-electron chi connectivity index (χ3n) is 1.97. The highest BCUT2D eigenvalue weighted by Crippen LogP contribution is 2.10. The topological polar surface area (TPSA) is 126 Å². The fraction of sp³-hybridized carbons (Fsp3) is 0.364. The van der Waals surface area contributed by atoms with Crippen LogP contribution in [0.4, 0.5) is 5.82 Å². The number of aliphatic hydroxyl groups is 1. The minimum absolute atomic E-state index is 0.0379. The van der Waals surface area contributed by atoms with Gasteiger partial charge in [-0.2, -0.15) is 5.10 Å². The van der Waals surface area contributed by atoms with Gasteiger partial charge in [-0.1, -0.05) is 6.08 Å². The summed E-state index contributed by atoms with van der Waals surface area (Å²) in [4.78, 5) is 8.01. The van der Waals surface area contributed by atoms with Crippen molar-refractivity contribution in [2.45, 2.75) is 13.3 Å². The smallest absolute Gasteiger partial charge is 0.175 e. The van der Waals surface area contributed by atoms with E-state index in [-0.39, 0.29) is 19.6 Å². The molecule has 0 fully saturated rings. The van der Waals surface area contributed by atoms with Crippen molar-refractivity contribution in [3.05, 3.63) is 17.8 Å². The number of nitrogens with one attached hydrogen (secondary N) is 1. The van der Waals surface area contributed by atoms with Crippen LogP contribution in [0.15, 0.2) is 22.1 Å². The second-order valence-corrected chi connectivity index (χ2v) is 3.56. The molecular weight excluding hydrogens is 232 g/mol. The number of aromatic nitrogens is 2. The SMILES string of the molecule is C/C=C/c1cc(N=C(N)CC(N)=NCCO)n[nH]1. The number of allylic oxidation sites excluding steroid dienone is 1. The Hall–Kier alpha value is -2.15. The molecule has 6 N–H and O–H groups in total. The third-order valence-corrected chi connectivity index (χ3v) is 1.97. The summed E-state index contributed by atoms with van der Waals surface area (Å²) >= 11 is 0. The van der Waals surface area contributed by atoms with Gasteiger partial charge in [0, 0.05) is 6.07 Å². The van der Waals surface area contributed by atoms with Crippen LogP contribution in [-0.4, -0.2) is 40.1 Å². The summed E-state index contributed by atoms with van der Waals surface area (Å²) in [6.07, 6.45) is 4.02. The maximum Gasteiger partial charge on any atom is 0.175 e. The first-order valence-corrected chi connectivity index (χ1v) is 5.56. The van der Waals surface area contributed by atoms with E-state index in [9.17, 15) is 0 Å². The second kappa shape index (κ2) is 7.23. The van der Waals surface area contributed by atoms with Gasteiger partial charge in [0.15, 0.2) is 5.82 Å². The van der Waals surface area contributed by atoms with Gasteiger partial charge in [-0.25, -0.2) is 4.99 Å². The first kappa shape index (κ1) is 13.9. The van der Waals surface area contributed by atoms with E-state index in [0.717, 1.165) is 5.69 Å². The lowest BCUT2D eigenvalue weighted by Crippen LogP contribution is -2.23. The highest BCUT2D eigenvalue weighted by Gasteiger charge is 2.01. The van der Waals surface area contributed by atoms with Gasteiger partial charge in [-0.15, -0.1) is 0 Å². The minimum atomic E-state index is -0.0379. The van der Waals surface area contributed by atoms with E-state index in [1.807, 2.05) is 19.1 Å². The number of nitrogens with zero attached hydrogens (tertiary/aromatic N) is 3. The number of aliphatic hydroxyl groups excluding tert-OH is 1. The lowest BCUT2D eigenvalue weighted by Gasteiger charge is -1.99. The van der Waals surface area contributed by atoms with Gasteiger partial charge < -0.3 is 16.6 Å². The van der Waals surface area contributed by atoms with E-state index >= 15 is 0 Å². The number of aliphatic imine (C=N–C) groups is 2. The Bertz CT molecular complexity index is 460. The Labute approximate surface area is 105 Å². The maximum atomic E-state index is 8.59. The summed E-state index contributed by atoms with van der Waals surface area (Å²) in [5, 5.41) is 15.4. The quantitative estimate of drug-likeness (QED) is 0.424. The molecule has 98 valence electrons. The van der Waals surface area contributed by atoms with E-state index in [1.165, 1.54) is 0 Å². The number of hydrogen-bond donors (Lipinski definition) is 4. The molecule has 0 amide bonds. The number of rotatable bonds is 6. The molecule has 0 aromatic carbocycles. The van der Waals surface area contributed by atoms with Gasteiger partial charge in [-0.05, 0) is 13.0 Å². The van der Waals surface area contributed by atoms with Crippen molar-refractivity contribution in [2.24, 2.45) is 21.5 Å². The molecule has 0 saturated heterocycles. The zero-order valence-electron chi connectivity index (χ0n) is 10.3. The monoisotopic (exact) mass is 250 g/mol. The van der Waals surface area contributed by atoms with Crippen LogP contribution in [0.5, 0.6) is 0 Å². The lowest BCUT2D eigenvalue weighted by molar-refractivity contribution is 0.307. The van der Waals surface area contributed by atoms with Crippen LogP contribution in [-0.2, 0) is 0 Å². The summed E-state index contributed by atoms with van der Waals surface area (Å²) in [5.74, 6) is 1.16. The van der Waals surface area contributed by atoms with E-state index in [2.05, 4.69) is 20.2 Å². The van der Waals surface area contributed by atoms with Crippen molar-refractivity contribution in [3.63, 3.8) is 0 Å². The molecular formula is C11H18N6O. The van der Waals surface area contributed by atoms with Gasteiger partial charge in [0.1, 0.15) is 11.7 Å². The summed E-state index contributed by atoms with van der Waals surface area (Å²) < 4.78 is 0. The zero-order chi connectivity index (χ0) is 13.4. The molecule has 1 rings (SSSR count). The number of aromatic amines is 1. The van der Waals surface area contributed by atoms with Crippen molar-refractivity contribution in [1.82, 2.24) is 10.2 Å². The van der Waals surface area contributed by atoms with Gasteiger partial charge in [0.25, 0.3) is 0 Å². The predicted molar refractivity (Wildman–Crippen MR) is 72.8 cm³/mol. The van der Waals surface area contributed by atoms with Gasteiger partial charge in [0.05, 0.1) is 25.3 Å². The highest BCUT2D eigenvalue weighted by atomic mass is 16.3. The van der Waals surface area contributed by atoms with Gasteiger partial charge in [-0.3, -0.25) is 10.1 Å². The largest absolute Gasteiger partial charge is 0.394 e. The van der Waals surface area contributed by atoms with E-state index in [0.29, 0.717) is 17.5 Å². The molecule has 0 bridgehead atoms. The maximum absolute atomic E-state index is 8.59. The molecule has 0 spiro atoms. The summed E-state index contributed by atoms with van der Waals surface area (Å²) in [5.41, 5.74) is 12.2. The van der Waals surface area contributed by atoms with Crippen LogP contribution in [0, 0.1) is 0 Å². The molecule has 18 heavy (non-hydrogen) atoms. The molecule has 1 aromatic rings. The first-order chi connectivity index (χ1) is 8.65. The molecule has 7 nitrogen and oxygen atoms in total. The van der Waals surface area contributed by atoms with Crippen LogP contribution in [0.3, 0.4) is 0 Å². The zero-order valence-corrected chi connectivity index (χ0v) is 10.3. The Balaban J connectivity index is 2.64. The van der Waals surface area contributed by atoms with Crippen molar-refractivity contribution in [2.75, 3.05) is 13.2 Å². The Morgan fingerprint density at radius 2 is 2.28 bits per heavy atom. The molecule has 0 aliphatic heterocycles. The van der Waals surface area contributed by atoms with Gasteiger partial charge in [0.2, 0.25) is 0 Å². The second-order valence-electron chi connectivity index (χ2n) is 3.56. The van der Waals surface area contributed by atoms with Crippen molar-refractivity contribution < 1.29 is 5.11 Å². The van der Waals surface area contributed by atoms with Crippen LogP contribution >= 0.6 is 0 Å². The Morgan fingerprint density at radius 1 is 1.50 bits per heavy atom.